The fraction of sp³-hybridized carbons (Fsp3) is 0.474. The number of amides is 1. The van der Waals surface area contributed by atoms with Crippen molar-refractivity contribution >= 4 is 28.6 Å². The van der Waals surface area contributed by atoms with Crippen LogP contribution in [0.3, 0.4) is 0 Å². The van der Waals surface area contributed by atoms with Gasteiger partial charge in [-0.2, -0.15) is 0 Å². The van der Waals surface area contributed by atoms with Crippen molar-refractivity contribution in [3.8, 4) is 0 Å². The van der Waals surface area contributed by atoms with Crippen molar-refractivity contribution in [2.45, 2.75) is 20.0 Å². The number of hydrogen-bond donors (Lipinski definition) is 1. The lowest BCUT2D eigenvalue weighted by atomic mass is 10.2. The number of hydrogen-bond acceptors (Lipinski definition) is 6. The Morgan fingerprint density at radius 1 is 1.23 bits per heavy atom. The number of rotatable bonds is 6. The highest BCUT2D eigenvalue weighted by Crippen LogP contribution is 2.22. The lowest BCUT2D eigenvalue weighted by molar-refractivity contribution is -0.115. The number of carbonyl (C=O) groups is 1. The summed E-state index contributed by atoms with van der Waals surface area (Å²) in [6, 6.07) is 8.11. The van der Waals surface area contributed by atoms with Crippen LogP contribution in [0, 0.1) is 6.92 Å². The highest BCUT2D eigenvalue weighted by Gasteiger charge is 2.15. The van der Waals surface area contributed by atoms with Gasteiger partial charge in [0, 0.05) is 49.5 Å². The second kappa shape index (κ2) is 8.62. The average molecular weight is 375 g/mol. The topological polar surface area (TPSA) is 57.7 Å². The molecule has 1 fully saturated rings. The molecule has 26 heavy (non-hydrogen) atoms. The molecule has 0 unspecified atom stereocenters. The minimum absolute atomic E-state index is 0.0203. The molecule has 0 atom stereocenters. The second-order valence-electron chi connectivity index (χ2n) is 6.61. The maximum Gasteiger partial charge on any atom is 0.229 e. The highest BCUT2D eigenvalue weighted by atomic mass is 32.1. The fourth-order valence-corrected chi connectivity index (χ4v) is 4.05. The molecule has 0 radical (unpaired) electrons. The summed E-state index contributed by atoms with van der Waals surface area (Å²) in [5.74, 6) is -0.0203. The molecule has 1 aliphatic rings. The molecule has 2 aromatic rings. The minimum atomic E-state index is -0.0203. The van der Waals surface area contributed by atoms with E-state index in [1.165, 1.54) is 17.0 Å². The highest BCUT2D eigenvalue weighted by molar-refractivity contribution is 7.11. The number of thiazole rings is 1. The second-order valence-corrected chi connectivity index (χ2v) is 7.78. The van der Waals surface area contributed by atoms with Gasteiger partial charge in [0.2, 0.25) is 5.91 Å². The molecule has 140 valence electrons. The minimum Gasteiger partial charge on any atom is -0.378 e. The molecular formula is C19H26N4O2S. The molecule has 7 heteroatoms. The van der Waals surface area contributed by atoms with Crippen LogP contribution in [0.15, 0.2) is 24.3 Å². The van der Waals surface area contributed by atoms with Gasteiger partial charge >= 0.3 is 0 Å². The fourth-order valence-electron chi connectivity index (χ4n) is 3.01. The first-order valence-corrected chi connectivity index (χ1v) is 9.64. The van der Waals surface area contributed by atoms with Crippen molar-refractivity contribution in [2.75, 3.05) is 50.6 Å². The van der Waals surface area contributed by atoms with E-state index >= 15 is 0 Å². The van der Waals surface area contributed by atoms with E-state index in [0.717, 1.165) is 47.4 Å². The van der Waals surface area contributed by atoms with Crippen molar-refractivity contribution in [1.29, 1.82) is 0 Å². The average Bonchev–Trinajstić information content (AvgIpc) is 2.96. The van der Waals surface area contributed by atoms with Crippen molar-refractivity contribution in [1.82, 2.24) is 9.88 Å². The zero-order valence-corrected chi connectivity index (χ0v) is 16.4. The number of nitrogens with zero attached hydrogens (tertiary/aromatic N) is 3. The molecule has 0 spiro atoms. The van der Waals surface area contributed by atoms with Crippen LogP contribution in [0.25, 0.3) is 0 Å². The normalized spacial score (nSPS) is 15.3. The molecule has 1 aromatic carbocycles. The molecule has 1 N–H and O–H groups in total. The van der Waals surface area contributed by atoms with E-state index in [1.807, 2.05) is 19.1 Å². The third-order valence-corrected chi connectivity index (χ3v) is 5.68. The van der Waals surface area contributed by atoms with Crippen LogP contribution in [-0.2, 0) is 22.6 Å². The van der Waals surface area contributed by atoms with Gasteiger partial charge in [-0.3, -0.25) is 4.79 Å². The Morgan fingerprint density at radius 3 is 2.58 bits per heavy atom. The maximum atomic E-state index is 12.3. The van der Waals surface area contributed by atoms with Gasteiger partial charge in [0.25, 0.3) is 0 Å². The van der Waals surface area contributed by atoms with Crippen molar-refractivity contribution < 1.29 is 9.53 Å². The van der Waals surface area contributed by atoms with Crippen LogP contribution in [0.2, 0.25) is 0 Å². The van der Waals surface area contributed by atoms with Crippen LogP contribution < -0.4 is 10.2 Å². The Hall–Kier alpha value is -1.96. The predicted molar refractivity (Wildman–Crippen MR) is 106 cm³/mol. The summed E-state index contributed by atoms with van der Waals surface area (Å²) < 4.78 is 5.10. The van der Waals surface area contributed by atoms with Gasteiger partial charge in [0.05, 0.1) is 18.7 Å². The van der Waals surface area contributed by atoms with Gasteiger partial charge in [-0.25, -0.2) is 4.98 Å². The van der Waals surface area contributed by atoms with Gasteiger partial charge in [-0.05, 0) is 38.2 Å². The summed E-state index contributed by atoms with van der Waals surface area (Å²) in [4.78, 5) is 22.5. The third-order valence-electron chi connectivity index (χ3n) is 4.55. The lowest BCUT2D eigenvalue weighted by Gasteiger charge is -2.34. The summed E-state index contributed by atoms with van der Waals surface area (Å²) in [5.41, 5.74) is 2.94. The Labute approximate surface area is 158 Å². The summed E-state index contributed by atoms with van der Waals surface area (Å²) in [6.45, 7) is 6.66. The molecule has 3 rings (SSSR count). The summed E-state index contributed by atoms with van der Waals surface area (Å²) in [5, 5.41) is 3.88. The van der Waals surface area contributed by atoms with Gasteiger partial charge in [-0.1, -0.05) is 0 Å². The Kier molecular flexibility index (Phi) is 6.24. The van der Waals surface area contributed by atoms with E-state index in [4.69, 9.17) is 4.74 Å². The van der Waals surface area contributed by atoms with E-state index in [9.17, 15) is 4.79 Å². The predicted octanol–water partition coefficient (Wildman–Crippen LogP) is 2.53. The smallest absolute Gasteiger partial charge is 0.229 e. The number of piperazine rings is 1. The first-order chi connectivity index (χ1) is 12.5. The number of anilines is 2. The lowest BCUT2D eigenvalue weighted by Crippen LogP contribution is -2.44. The molecule has 1 aliphatic heterocycles. The first-order valence-electron chi connectivity index (χ1n) is 8.82. The molecule has 0 aliphatic carbocycles. The number of likely N-dealkylation sites (N-methyl/N-ethyl adjacent to an activating group) is 1. The number of nitrogens with one attached hydrogen (secondary N) is 1. The molecule has 6 nitrogen and oxygen atoms in total. The Bertz CT molecular complexity index is 736. The van der Waals surface area contributed by atoms with Crippen LogP contribution in [-0.4, -0.2) is 56.1 Å². The molecule has 1 saturated heterocycles. The van der Waals surface area contributed by atoms with E-state index < -0.39 is 0 Å². The molecule has 0 saturated carbocycles. The number of carbonyl (C=O) groups excluding carboxylic acids is 1. The molecule has 1 amide bonds. The first kappa shape index (κ1) is 18.8. The van der Waals surface area contributed by atoms with Gasteiger partial charge in [-0.15, -0.1) is 11.3 Å². The van der Waals surface area contributed by atoms with Gasteiger partial charge in [0.15, 0.2) is 0 Å². The van der Waals surface area contributed by atoms with E-state index in [0.29, 0.717) is 13.0 Å². The zero-order valence-electron chi connectivity index (χ0n) is 15.6. The molecular weight excluding hydrogens is 348 g/mol. The third kappa shape index (κ3) is 4.81. The number of aryl methyl sites for hydroxylation is 1. The molecule has 1 aromatic heterocycles. The van der Waals surface area contributed by atoms with Crippen molar-refractivity contribution in [3.63, 3.8) is 0 Å². The van der Waals surface area contributed by atoms with Crippen molar-refractivity contribution in [2.24, 2.45) is 0 Å². The van der Waals surface area contributed by atoms with E-state index in [2.05, 4.69) is 39.3 Å². The summed E-state index contributed by atoms with van der Waals surface area (Å²) >= 11 is 1.54. The van der Waals surface area contributed by atoms with E-state index in [1.54, 1.807) is 7.11 Å². The quantitative estimate of drug-likeness (QED) is 0.842. The van der Waals surface area contributed by atoms with Crippen LogP contribution in [0.4, 0.5) is 11.4 Å². The summed E-state index contributed by atoms with van der Waals surface area (Å²) in [7, 11) is 3.80. The van der Waals surface area contributed by atoms with Gasteiger partial charge in [0.1, 0.15) is 5.01 Å². The maximum absolute atomic E-state index is 12.3. The van der Waals surface area contributed by atoms with E-state index in [-0.39, 0.29) is 5.91 Å². The van der Waals surface area contributed by atoms with Crippen LogP contribution >= 0.6 is 11.3 Å². The number of aromatic nitrogens is 1. The Morgan fingerprint density at radius 2 is 1.92 bits per heavy atom. The Balaban J connectivity index is 1.56. The van der Waals surface area contributed by atoms with Gasteiger partial charge < -0.3 is 19.9 Å². The number of ether oxygens (including phenoxy) is 1. The van der Waals surface area contributed by atoms with Crippen LogP contribution in [0.1, 0.15) is 15.6 Å². The van der Waals surface area contributed by atoms with Crippen molar-refractivity contribution in [3.05, 3.63) is 39.8 Å². The largest absolute Gasteiger partial charge is 0.378 e. The monoisotopic (exact) mass is 374 g/mol. The number of methoxy groups -OCH3 is 1. The summed E-state index contributed by atoms with van der Waals surface area (Å²) in [6.07, 6.45) is 0.341. The molecule has 2 heterocycles. The SMILES string of the molecule is COCc1nc(C)c(CC(=O)Nc2ccc(N3CCN(C)CC3)cc2)s1. The standard InChI is InChI=1S/C19H26N4O2S/c1-14-17(26-19(20-14)13-25-3)12-18(24)21-15-4-6-16(7-5-15)23-10-8-22(2)9-11-23/h4-7H,8-13H2,1-3H3,(H,21,24). The zero-order chi connectivity index (χ0) is 18.5. The van der Waals surface area contributed by atoms with Crippen LogP contribution in [0.5, 0.6) is 0 Å². The molecule has 0 bridgehead atoms. The number of benzene rings is 1.